The molecule has 1 N–H and O–H groups in total. The second-order valence-corrected chi connectivity index (χ2v) is 5.81. The summed E-state index contributed by atoms with van der Waals surface area (Å²) in [6.07, 6.45) is 0. The van der Waals surface area contributed by atoms with E-state index in [9.17, 15) is 9.18 Å². The van der Waals surface area contributed by atoms with Crippen LogP contribution in [0.15, 0.2) is 48.5 Å². The second-order valence-electron chi connectivity index (χ2n) is 4.65. The van der Waals surface area contributed by atoms with Crippen LogP contribution in [0.3, 0.4) is 0 Å². The van der Waals surface area contributed by atoms with Crippen LogP contribution in [0.1, 0.15) is 16.2 Å². The van der Waals surface area contributed by atoms with Crippen LogP contribution in [-0.2, 0) is 6.54 Å². The van der Waals surface area contributed by atoms with E-state index < -0.39 is 0 Å². The Bertz CT molecular complexity index is 834. The minimum Gasteiger partial charge on any atom is -0.345 e. The van der Waals surface area contributed by atoms with Crippen LogP contribution in [0.4, 0.5) is 4.39 Å². The first kappa shape index (κ1) is 15.5. The maximum absolute atomic E-state index is 13.0. The van der Waals surface area contributed by atoms with E-state index in [2.05, 4.69) is 43.4 Å². The molecule has 1 heterocycles. The lowest BCUT2D eigenvalue weighted by Crippen LogP contribution is -2.25. The predicted molar refractivity (Wildman–Crippen MR) is 89.4 cm³/mol. The Kier molecular flexibility index (Phi) is 4.60. The predicted octanol–water partition coefficient (Wildman–Crippen LogP) is 2.34. The lowest BCUT2D eigenvalue weighted by Gasteiger charge is -2.07. The molecule has 0 aliphatic heterocycles. The SMILES string of the molecule is O=C(NCc1nnnn1-c1ccc(F)cc1)c1ccccc1I. The van der Waals surface area contributed by atoms with Crippen LogP contribution < -0.4 is 5.32 Å². The molecule has 0 unspecified atom stereocenters. The highest BCUT2D eigenvalue weighted by molar-refractivity contribution is 14.1. The number of nitrogens with one attached hydrogen (secondary N) is 1. The third-order valence-electron chi connectivity index (χ3n) is 3.13. The molecule has 3 rings (SSSR count). The van der Waals surface area contributed by atoms with Crippen LogP contribution in [0.2, 0.25) is 0 Å². The van der Waals surface area contributed by atoms with E-state index in [4.69, 9.17) is 0 Å². The zero-order valence-corrected chi connectivity index (χ0v) is 13.9. The Balaban J connectivity index is 1.75. The molecule has 0 saturated carbocycles. The van der Waals surface area contributed by atoms with Gasteiger partial charge in [0.2, 0.25) is 0 Å². The van der Waals surface area contributed by atoms with Crippen molar-refractivity contribution < 1.29 is 9.18 Å². The molecule has 2 aromatic carbocycles. The van der Waals surface area contributed by atoms with E-state index in [1.807, 2.05) is 12.1 Å². The zero-order valence-electron chi connectivity index (χ0n) is 11.8. The monoisotopic (exact) mass is 423 g/mol. The highest BCUT2D eigenvalue weighted by Crippen LogP contribution is 2.12. The topological polar surface area (TPSA) is 72.7 Å². The molecule has 0 aliphatic rings. The first-order valence-electron chi connectivity index (χ1n) is 6.71. The number of halogens is 2. The largest absolute Gasteiger partial charge is 0.345 e. The van der Waals surface area contributed by atoms with E-state index in [-0.39, 0.29) is 18.3 Å². The van der Waals surface area contributed by atoms with Crippen LogP contribution in [-0.4, -0.2) is 26.1 Å². The van der Waals surface area contributed by atoms with Gasteiger partial charge in [0.25, 0.3) is 5.91 Å². The Hall–Kier alpha value is -2.36. The molecule has 0 spiro atoms. The summed E-state index contributed by atoms with van der Waals surface area (Å²) in [5.74, 6) is -0.0881. The van der Waals surface area contributed by atoms with Gasteiger partial charge in [-0.1, -0.05) is 12.1 Å². The molecule has 0 saturated heterocycles. The highest BCUT2D eigenvalue weighted by Gasteiger charge is 2.12. The van der Waals surface area contributed by atoms with Gasteiger partial charge >= 0.3 is 0 Å². The first-order valence-corrected chi connectivity index (χ1v) is 7.79. The fourth-order valence-electron chi connectivity index (χ4n) is 2.00. The second kappa shape index (κ2) is 6.82. The van der Waals surface area contributed by atoms with E-state index in [0.29, 0.717) is 17.1 Å². The third-order valence-corrected chi connectivity index (χ3v) is 4.07. The zero-order chi connectivity index (χ0) is 16.2. The van der Waals surface area contributed by atoms with Crippen molar-refractivity contribution in [3.05, 3.63) is 69.3 Å². The molecular formula is C15H11FIN5O. The molecule has 116 valence electrons. The van der Waals surface area contributed by atoms with Crippen molar-refractivity contribution in [3.63, 3.8) is 0 Å². The molecule has 0 fully saturated rings. The third kappa shape index (κ3) is 3.52. The van der Waals surface area contributed by atoms with Gasteiger partial charge in [0.05, 0.1) is 17.8 Å². The van der Waals surface area contributed by atoms with Crippen molar-refractivity contribution in [2.75, 3.05) is 0 Å². The average Bonchev–Trinajstić information content (AvgIpc) is 3.02. The summed E-state index contributed by atoms with van der Waals surface area (Å²) in [7, 11) is 0. The number of tetrazole rings is 1. The number of carbonyl (C=O) groups is 1. The molecule has 0 radical (unpaired) electrons. The molecule has 6 nitrogen and oxygen atoms in total. The van der Waals surface area contributed by atoms with Gasteiger partial charge in [-0.3, -0.25) is 4.79 Å². The summed E-state index contributed by atoms with van der Waals surface area (Å²) in [6.45, 7) is 0.161. The van der Waals surface area contributed by atoms with Gasteiger partial charge in [0.15, 0.2) is 5.82 Å². The van der Waals surface area contributed by atoms with Gasteiger partial charge in [-0.05, 0) is 69.4 Å². The maximum atomic E-state index is 13.0. The van der Waals surface area contributed by atoms with Gasteiger partial charge in [-0.2, -0.15) is 4.68 Å². The normalized spacial score (nSPS) is 10.5. The van der Waals surface area contributed by atoms with Crippen LogP contribution in [0.5, 0.6) is 0 Å². The number of amides is 1. The molecular weight excluding hydrogens is 412 g/mol. The van der Waals surface area contributed by atoms with Crippen molar-refractivity contribution in [2.45, 2.75) is 6.54 Å². The maximum Gasteiger partial charge on any atom is 0.252 e. The summed E-state index contributed by atoms with van der Waals surface area (Å²) >= 11 is 2.11. The molecule has 0 atom stereocenters. The van der Waals surface area contributed by atoms with E-state index in [0.717, 1.165) is 3.57 Å². The minimum absolute atomic E-state index is 0.161. The van der Waals surface area contributed by atoms with Gasteiger partial charge in [0.1, 0.15) is 5.82 Å². The summed E-state index contributed by atoms with van der Waals surface area (Å²) in [4.78, 5) is 12.2. The van der Waals surface area contributed by atoms with Gasteiger partial charge in [-0.25, -0.2) is 4.39 Å². The number of nitrogens with zero attached hydrogens (tertiary/aromatic N) is 4. The van der Waals surface area contributed by atoms with Crippen molar-refractivity contribution in [1.29, 1.82) is 0 Å². The van der Waals surface area contributed by atoms with E-state index in [1.54, 1.807) is 24.3 Å². The highest BCUT2D eigenvalue weighted by atomic mass is 127. The molecule has 0 bridgehead atoms. The molecule has 3 aromatic rings. The standard InChI is InChI=1S/C15H11FIN5O/c16-10-5-7-11(8-6-10)22-14(19-20-21-22)9-18-15(23)12-3-1-2-4-13(12)17/h1-8H,9H2,(H,18,23). The van der Waals surface area contributed by atoms with Crippen molar-refractivity contribution in [2.24, 2.45) is 0 Å². The molecule has 0 aliphatic carbocycles. The van der Waals surface area contributed by atoms with Crippen molar-refractivity contribution in [3.8, 4) is 5.69 Å². The van der Waals surface area contributed by atoms with Gasteiger partial charge < -0.3 is 5.32 Å². The first-order chi connectivity index (χ1) is 11.1. The summed E-state index contributed by atoms with van der Waals surface area (Å²) in [5.41, 5.74) is 1.21. The Morgan fingerprint density at radius 2 is 1.91 bits per heavy atom. The Labute approximate surface area is 144 Å². The van der Waals surface area contributed by atoms with Crippen LogP contribution in [0, 0.1) is 9.39 Å². The molecule has 8 heteroatoms. The number of benzene rings is 2. The Morgan fingerprint density at radius 1 is 1.17 bits per heavy atom. The minimum atomic E-state index is -0.338. The van der Waals surface area contributed by atoms with Crippen molar-refractivity contribution in [1.82, 2.24) is 25.5 Å². The molecule has 1 aromatic heterocycles. The number of hydrogen-bond acceptors (Lipinski definition) is 4. The van der Waals surface area contributed by atoms with E-state index in [1.165, 1.54) is 16.8 Å². The Morgan fingerprint density at radius 3 is 2.65 bits per heavy atom. The molecule has 23 heavy (non-hydrogen) atoms. The van der Waals surface area contributed by atoms with E-state index >= 15 is 0 Å². The summed E-state index contributed by atoms with van der Waals surface area (Å²) in [6, 6.07) is 13.1. The smallest absolute Gasteiger partial charge is 0.252 e. The average molecular weight is 423 g/mol. The van der Waals surface area contributed by atoms with Crippen LogP contribution >= 0.6 is 22.6 Å². The fourth-order valence-corrected chi connectivity index (χ4v) is 2.63. The molecule has 1 amide bonds. The number of aromatic nitrogens is 4. The van der Waals surface area contributed by atoms with Crippen LogP contribution in [0.25, 0.3) is 5.69 Å². The van der Waals surface area contributed by atoms with Gasteiger partial charge in [-0.15, -0.1) is 5.10 Å². The van der Waals surface area contributed by atoms with Crippen molar-refractivity contribution >= 4 is 28.5 Å². The lowest BCUT2D eigenvalue weighted by atomic mass is 10.2. The summed E-state index contributed by atoms with van der Waals surface area (Å²) in [5, 5.41) is 14.1. The number of carbonyl (C=O) groups excluding carboxylic acids is 1. The number of hydrogen-bond donors (Lipinski definition) is 1. The summed E-state index contributed by atoms with van der Waals surface area (Å²) < 4.78 is 15.3. The lowest BCUT2D eigenvalue weighted by molar-refractivity contribution is 0.0948. The van der Waals surface area contributed by atoms with Gasteiger partial charge in [0, 0.05) is 3.57 Å². The quantitative estimate of drug-likeness (QED) is 0.655. The number of rotatable bonds is 4. The fraction of sp³-hybridized carbons (Fsp3) is 0.0667.